The molecular weight excluding hydrogens is 260 g/mol. The third kappa shape index (κ3) is 4.62. The first-order valence-electron chi connectivity index (χ1n) is 6.73. The molecule has 1 amide bonds. The highest BCUT2D eigenvalue weighted by Gasteiger charge is 2.20. The summed E-state index contributed by atoms with van der Waals surface area (Å²) in [4.78, 5) is 26.3. The van der Waals surface area contributed by atoms with Crippen molar-refractivity contribution >= 4 is 11.9 Å². The Balaban J connectivity index is 1.68. The smallest absolute Gasteiger partial charge is 0.354 e. The van der Waals surface area contributed by atoms with Crippen molar-refractivity contribution in [3.8, 4) is 0 Å². The Hall–Kier alpha value is -1.95. The second-order valence-electron chi connectivity index (χ2n) is 4.84. The summed E-state index contributed by atoms with van der Waals surface area (Å²) >= 11 is 0. The molecule has 1 aromatic rings. The van der Waals surface area contributed by atoms with Crippen LogP contribution in [0.3, 0.4) is 0 Å². The van der Waals surface area contributed by atoms with Gasteiger partial charge in [-0.25, -0.2) is 9.78 Å². The van der Waals surface area contributed by atoms with E-state index < -0.39 is 5.97 Å². The van der Waals surface area contributed by atoms with Crippen molar-refractivity contribution in [1.29, 1.82) is 0 Å². The van der Waals surface area contributed by atoms with Gasteiger partial charge >= 0.3 is 5.97 Å². The molecule has 1 aromatic heterocycles. The molecule has 6 heteroatoms. The molecular formula is C14H18N2O4. The number of carbonyl (C=O) groups excluding carboxylic acids is 1. The van der Waals surface area contributed by atoms with Gasteiger partial charge < -0.3 is 15.2 Å². The van der Waals surface area contributed by atoms with Crippen LogP contribution in [-0.4, -0.2) is 41.7 Å². The maximum absolute atomic E-state index is 11.8. The lowest BCUT2D eigenvalue weighted by Gasteiger charge is -2.06. The maximum Gasteiger partial charge on any atom is 0.354 e. The largest absolute Gasteiger partial charge is 0.477 e. The molecule has 20 heavy (non-hydrogen) atoms. The van der Waals surface area contributed by atoms with Crippen LogP contribution in [0.25, 0.3) is 0 Å². The topological polar surface area (TPSA) is 88.5 Å². The number of nitrogens with one attached hydrogen (secondary N) is 1. The molecule has 0 aromatic carbocycles. The summed E-state index contributed by atoms with van der Waals surface area (Å²) in [5, 5.41) is 11.5. The third-order valence-electron chi connectivity index (χ3n) is 3.00. The van der Waals surface area contributed by atoms with Crippen molar-refractivity contribution in [1.82, 2.24) is 10.3 Å². The molecule has 0 radical (unpaired) electrons. The van der Waals surface area contributed by atoms with Gasteiger partial charge in [0.15, 0.2) is 0 Å². The average molecular weight is 278 g/mol. The normalized spacial score (nSPS) is 14.0. The summed E-state index contributed by atoms with van der Waals surface area (Å²) in [6.45, 7) is 1.93. The Labute approximate surface area is 117 Å². The Morgan fingerprint density at radius 1 is 1.35 bits per heavy atom. The molecule has 1 aliphatic rings. The van der Waals surface area contributed by atoms with Gasteiger partial charge in [0.1, 0.15) is 11.4 Å². The predicted octanol–water partition coefficient (Wildman–Crippen LogP) is 1.33. The summed E-state index contributed by atoms with van der Waals surface area (Å²) < 4.78 is 5.45. The van der Waals surface area contributed by atoms with Gasteiger partial charge in [0.05, 0.1) is 0 Å². The number of ether oxygens (including phenoxy) is 1. The molecule has 0 bridgehead atoms. The highest BCUT2D eigenvalue weighted by molar-refractivity contribution is 5.94. The van der Waals surface area contributed by atoms with E-state index in [-0.39, 0.29) is 17.3 Å². The van der Waals surface area contributed by atoms with Crippen LogP contribution in [-0.2, 0) is 4.74 Å². The molecule has 0 spiro atoms. The number of aromatic carboxylic acids is 1. The lowest BCUT2D eigenvalue weighted by atomic mass is 10.3. The Bertz CT molecular complexity index is 486. The number of carbonyl (C=O) groups is 2. The molecule has 108 valence electrons. The van der Waals surface area contributed by atoms with Crippen LogP contribution >= 0.6 is 0 Å². The van der Waals surface area contributed by atoms with Gasteiger partial charge in [0.25, 0.3) is 5.91 Å². The number of hydrogen-bond acceptors (Lipinski definition) is 4. The first kappa shape index (κ1) is 14.5. The molecule has 1 aliphatic carbocycles. The minimum absolute atomic E-state index is 0.115. The zero-order chi connectivity index (χ0) is 14.4. The van der Waals surface area contributed by atoms with E-state index in [2.05, 4.69) is 10.3 Å². The number of rotatable bonds is 8. The van der Waals surface area contributed by atoms with Crippen LogP contribution in [0.2, 0.25) is 0 Å². The van der Waals surface area contributed by atoms with E-state index in [9.17, 15) is 9.59 Å². The van der Waals surface area contributed by atoms with Gasteiger partial charge in [-0.1, -0.05) is 6.07 Å². The number of pyridine rings is 1. The minimum atomic E-state index is -1.15. The fourth-order valence-corrected chi connectivity index (χ4v) is 1.68. The van der Waals surface area contributed by atoms with Crippen molar-refractivity contribution in [3.63, 3.8) is 0 Å². The van der Waals surface area contributed by atoms with Crippen LogP contribution in [0.4, 0.5) is 0 Å². The van der Waals surface area contributed by atoms with Gasteiger partial charge in [-0.15, -0.1) is 0 Å². The monoisotopic (exact) mass is 278 g/mol. The molecule has 6 nitrogen and oxygen atoms in total. The zero-order valence-corrected chi connectivity index (χ0v) is 11.2. The molecule has 2 N–H and O–H groups in total. The second kappa shape index (κ2) is 7.00. The van der Waals surface area contributed by atoms with Gasteiger partial charge in [-0.2, -0.15) is 0 Å². The SMILES string of the molecule is O=C(O)c1cccc(C(=O)NCCCOCC2CC2)n1. The Morgan fingerprint density at radius 3 is 2.80 bits per heavy atom. The lowest BCUT2D eigenvalue weighted by Crippen LogP contribution is -2.26. The van der Waals surface area contributed by atoms with Crippen molar-refractivity contribution in [2.75, 3.05) is 19.8 Å². The number of hydrogen-bond donors (Lipinski definition) is 2. The Morgan fingerprint density at radius 2 is 2.10 bits per heavy atom. The summed E-state index contributed by atoms with van der Waals surface area (Å²) in [5.74, 6) is -0.768. The zero-order valence-electron chi connectivity index (χ0n) is 11.2. The van der Waals surface area contributed by atoms with Crippen LogP contribution in [0.1, 0.15) is 40.2 Å². The molecule has 0 aliphatic heterocycles. The van der Waals surface area contributed by atoms with Gasteiger partial charge in [0.2, 0.25) is 0 Å². The third-order valence-corrected chi connectivity index (χ3v) is 3.00. The number of aromatic nitrogens is 1. The number of carboxylic acids is 1. The quantitative estimate of drug-likeness (QED) is 0.700. The molecule has 1 saturated carbocycles. The standard InChI is InChI=1S/C14H18N2O4/c17-13(11-3-1-4-12(16-11)14(18)19)15-7-2-8-20-9-10-5-6-10/h1,3-4,10H,2,5-9H2,(H,15,17)(H,18,19). The van der Waals surface area contributed by atoms with E-state index in [1.165, 1.54) is 31.0 Å². The lowest BCUT2D eigenvalue weighted by molar-refractivity contribution is 0.0690. The van der Waals surface area contributed by atoms with Gasteiger partial charge in [-0.3, -0.25) is 4.79 Å². The molecule has 1 fully saturated rings. The van der Waals surface area contributed by atoms with E-state index in [1.807, 2.05) is 0 Å². The van der Waals surface area contributed by atoms with Crippen molar-refractivity contribution in [3.05, 3.63) is 29.6 Å². The van der Waals surface area contributed by atoms with E-state index in [1.54, 1.807) is 0 Å². The van der Waals surface area contributed by atoms with Crippen LogP contribution in [0.15, 0.2) is 18.2 Å². The first-order chi connectivity index (χ1) is 9.66. The first-order valence-corrected chi connectivity index (χ1v) is 6.73. The van der Waals surface area contributed by atoms with Crippen molar-refractivity contribution in [2.24, 2.45) is 5.92 Å². The molecule has 0 atom stereocenters. The minimum Gasteiger partial charge on any atom is -0.477 e. The van der Waals surface area contributed by atoms with Crippen LogP contribution < -0.4 is 5.32 Å². The van der Waals surface area contributed by atoms with Crippen LogP contribution in [0, 0.1) is 5.92 Å². The summed E-state index contributed by atoms with van der Waals surface area (Å²) in [6, 6.07) is 4.35. The highest BCUT2D eigenvalue weighted by Crippen LogP contribution is 2.28. The predicted molar refractivity (Wildman–Crippen MR) is 71.7 cm³/mol. The van der Waals surface area contributed by atoms with E-state index in [4.69, 9.17) is 9.84 Å². The summed E-state index contributed by atoms with van der Waals surface area (Å²) in [5.41, 5.74) is -0.0192. The number of amides is 1. The Kier molecular flexibility index (Phi) is 5.06. The maximum atomic E-state index is 11.8. The highest BCUT2D eigenvalue weighted by atomic mass is 16.5. The average Bonchev–Trinajstić information content (AvgIpc) is 3.26. The molecule has 0 saturated heterocycles. The molecule has 1 heterocycles. The molecule has 2 rings (SSSR count). The second-order valence-corrected chi connectivity index (χ2v) is 4.84. The van der Waals surface area contributed by atoms with Crippen molar-refractivity contribution in [2.45, 2.75) is 19.3 Å². The number of carboxylic acid groups (broad SMARTS) is 1. The fraction of sp³-hybridized carbons (Fsp3) is 0.500. The van der Waals surface area contributed by atoms with Crippen LogP contribution in [0.5, 0.6) is 0 Å². The van der Waals surface area contributed by atoms with Gasteiger partial charge in [-0.05, 0) is 37.3 Å². The summed E-state index contributed by atoms with van der Waals surface area (Å²) in [7, 11) is 0. The summed E-state index contributed by atoms with van der Waals surface area (Å²) in [6.07, 6.45) is 3.27. The van der Waals surface area contributed by atoms with E-state index >= 15 is 0 Å². The number of nitrogens with zero attached hydrogens (tertiary/aromatic N) is 1. The fourth-order valence-electron chi connectivity index (χ4n) is 1.68. The van der Waals surface area contributed by atoms with Gasteiger partial charge in [0, 0.05) is 19.8 Å². The van der Waals surface area contributed by atoms with E-state index in [0.29, 0.717) is 13.2 Å². The van der Waals surface area contributed by atoms with Crippen molar-refractivity contribution < 1.29 is 19.4 Å². The van der Waals surface area contributed by atoms with E-state index in [0.717, 1.165) is 18.9 Å². The molecule has 0 unspecified atom stereocenters.